The number of aromatic nitrogens is 1. The lowest BCUT2D eigenvalue weighted by atomic mass is 9.82. The molecule has 0 N–H and O–H groups in total. The Morgan fingerprint density at radius 2 is 0.918 bits per heavy atom. The Hall–Kier alpha value is -7.68. The largest absolute Gasteiger partial charge is 0.308 e. The predicted octanol–water partition coefficient (Wildman–Crippen LogP) is 16.2. The van der Waals surface area contributed by atoms with Gasteiger partial charge in [0, 0.05) is 33.1 Å². The lowest BCUT2D eigenvalue weighted by Gasteiger charge is -2.31. The first-order chi connectivity index (χ1) is 30.0. The van der Waals surface area contributed by atoms with Crippen molar-refractivity contribution in [3.63, 3.8) is 0 Å². The zero-order chi connectivity index (χ0) is 40.7. The van der Waals surface area contributed by atoms with Gasteiger partial charge in [-0.3, -0.25) is 0 Å². The minimum Gasteiger partial charge on any atom is -0.308 e. The van der Waals surface area contributed by atoms with Crippen LogP contribution in [0.5, 0.6) is 0 Å². The summed E-state index contributed by atoms with van der Waals surface area (Å²) in [6.45, 7) is 4.74. The summed E-state index contributed by atoms with van der Waals surface area (Å²) in [6, 6.07) is 80.6. The number of nitrogens with zero attached hydrogens (tertiary/aromatic N) is 2. The Labute approximate surface area is 356 Å². The second-order valence-corrected chi connectivity index (χ2v) is 16.9. The molecule has 0 spiro atoms. The van der Waals surface area contributed by atoms with Gasteiger partial charge in [0.25, 0.3) is 0 Å². The number of benzene rings is 10. The lowest BCUT2D eigenvalue weighted by molar-refractivity contribution is 0.660. The zero-order valence-electron chi connectivity index (χ0n) is 34.2. The van der Waals surface area contributed by atoms with E-state index in [0.717, 1.165) is 22.7 Å². The van der Waals surface area contributed by atoms with Crippen LogP contribution in [0.2, 0.25) is 0 Å². The molecule has 288 valence electrons. The summed E-state index contributed by atoms with van der Waals surface area (Å²) < 4.78 is 2.53. The monoisotopic (exact) mass is 778 g/mol. The van der Waals surface area contributed by atoms with E-state index in [0.29, 0.717) is 0 Å². The van der Waals surface area contributed by atoms with Crippen LogP contribution >= 0.6 is 0 Å². The number of hydrogen-bond donors (Lipinski definition) is 0. The lowest BCUT2D eigenvalue weighted by Crippen LogP contribution is -2.17. The van der Waals surface area contributed by atoms with Crippen molar-refractivity contribution in [2.75, 3.05) is 4.90 Å². The summed E-state index contributed by atoms with van der Waals surface area (Å²) in [6.07, 6.45) is 0. The molecule has 0 amide bonds. The van der Waals surface area contributed by atoms with Crippen molar-refractivity contribution in [2.24, 2.45) is 0 Å². The van der Waals surface area contributed by atoms with Gasteiger partial charge in [0.1, 0.15) is 0 Å². The van der Waals surface area contributed by atoms with Crippen molar-refractivity contribution in [3.05, 3.63) is 230 Å². The van der Waals surface area contributed by atoms with E-state index in [1.54, 1.807) is 0 Å². The maximum absolute atomic E-state index is 2.53. The quantitative estimate of drug-likeness (QED) is 0.153. The van der Waals surface area contributed by atoms with Gasteiger partial charge in [0.15, 0.2) is 0 Å². The number of anilines is 3. The van der Waals surface area contributed by atoms with Crippen molar-refractivity contribution in [2.45, 2.75) is 19.3 Å². The van der Waals surface area contributed by atoms with E-state index in [1.165, 1.54) is 87.9 Å². The summed E-state index contributed by atoms with van der Waals surface area (Å²) in [7, 11) is 0. The molecule has 1 aromatic heterocycles. The maximum atomic E-state index is 2.53. The van der Waals surface area contributed by atoms with E-state index >= 15 is 0 Å². The molecule has 11 aromatic rings. The molecule has 1 aliphatic rings. The van der Waals surface area contributed by atoms with Gasteiger partial charge in [-0.1, -0.05) is 184 Å². The number of rotatable bonds is 6. The Morgan fingerprint density at radius 3 is 1.67 bits per heavy atom. The minimum atomic E-state index is -0.160. The Morgan fingerprint density at radius 1 is 0.361 bits per heavy atom. The van der Waals surface area contributed by atoms with Crippen molar-refractivity contribution in [1.82, 2.24) is 4.57 Å². The second kappa shape index (κ2) is 13.7. The highest BCUT2D eigenvalue weighted by Gasteiger charge is 2.36. The predicted molar refractivity (Wildman–Crippen MR) is 259 cm³/mol. The van der Waals surface area contributed by atoms with Gasteiger partial charge in [0.05, 0.1) is 22.4 Å². The van der Waals surface area contributed by atoms with E-state index in [-0.39, 0.29) is 5.41 Å². The van der Waals surface area contributed by atoms with Crippen LogP contribution < -0.4 is 4.90 Å². The van der Waals surface area contributed by atoms with Gasteiger partial charge < -0.3 is 9.47 Å². The molecule has 0 saturated carbocycles. The van der Waals surface area contributed by atoms with Gasteiger partial charge in [0.2, 0.25) is 0 Å². The normalized spacial score (nSPS) is 12.9. The van der Waals surface area contributed by atoms with Crippen LogP contribution in [0, 0.1) is 0 Å². The molecule has 1 aliphatic carbocycles. The summed E-state index contributed by atoms with van der Waals surface area (Å²) in [5.74, 6) is 0. The van der Waals surface area contributed by atoms with E-state index in [4.69, 9.17) is 0 Å². The number of para-hydroxylation sites is 3. The third-order valence-corrected chi connectivity index (χ3v) is 13.2. The second-order valence-electron chi connectivity index (χ2n) is 16.9. The molecule has 12 rings (SSSR count). The van der Waals surface area contributed by atoms with Crippen molar-refractivity contribution in [3.8, 4) is 39.1 Å². The SMILES string of the molecule is CC1(C)c2ccccc2-c2ccc(N(c3ccc(-c4ccccc4)cc3)c3cccc(-c4cc5ccccc5c5ccccc45)c3-n3c4ccccc4c4ccccc43)cc21. The molecule has 0 aliphatic heterocycles. The molecular weight excluding hydrogens is 737 g/mol. The van der Waals surface area contributed by atoms with E-state index in [1.807, 2.05) is 0 Å². The molecule has 0 saturated heterocycles. The van der Waals surface area contributed by atoms with E-state index in [9.17, 15) is 0 Å². The first-order valence-electron chi connectivity index (χ1n) is 21.3. The van der Waals surface area contributed by atoms with Gasteiger partial charge in [-0.15, -0.1) is 0 Å². The molecule has 0 bridgehead atoms. The van der Waals surface area contributed by atoms with E-state index in [2.05, 4.69) is 242 Å². The zero-order valence-corrected chi connectivity index (χ0v) is 34.2. The van der Waals surface area contributed by atoms with Crippen LogP contribution in [0.3, 0.4) is 0 Å². The average Bonchev–Trinajstić information content (AvgIpc) is 3.77. The minimum absolute atomic E-state index is 0.160. The van der Waals surface area contributed by atoms with Gasteiger partial charge in [-0.25, -0.2) is 0 Å². The third-order valence-electron chi connectivity index (χ3n) is 13.2. The van der Waals surface area contributed by atoms with Crippen LogP contribution in [-0.4, -0.2) is 4.57 Å². The molecule has 0 fully saturated rings. The first-order valence-corrected chi connectivity index (χ1v) is 21.3. The van der Waals surface area contributed by atoms with Crippen molar-refractivity contribution >= 4 is 60.4 Å². The Bertz CT molecular complexity index is 3450. The van der Waals surface area contributed by atoms with Crippen LogP contribution in [0.1, 0.15) is 25.0 Å². The Kier molecular flexibility index (Phi) is 7.92. The third kappa shape index (κ3) is 5.42. The smallest absolute Gasteiger partial charge is 0.0782 e. The summed E-state index contributed by atoms with van der Waals surface area (Å²) in [5, 5.41) is 7.44. The molecule has 61 heavy (non-hydrogen) atoms. The summed E-state index contributed by atoms with van der Waals surface area (Å²) in [4.78, 5) is 2.50. The summed E-state index contributed by atoms with van der Waals surface area (Å²) >= 11 is 0. The topological polar surface area (TPSA) is 8.17 Å². The fourth-order valence-corrected chi connectivity index (χ4v) is 10.3. The average molecular weight is 779 g/mol. The molecule has 1 heterocycles. The number of fused-ring (bicyclic) bond motifs is 9. The fourth-order valence-electron chi connectivity index (χ4n) is 10.3. The van der Waals surface area contributed by atoms with Crippen molar-refractivity contribution < 1.29 is 0 Å². The van der Waals surface area contributed by atoms with Crippen LogP contribution in [0.25, 0.3) is 82.4 Å². The maximum Gasteiger partial charge on any atom is 0.0782 e. The van der Waals surface area contributed by atoms with Crippen LogP contribution in [0.15, 0.2) is 218 Å². The molecule has 0 radical (unpaired) electrons. The molecule has 10 aromatic carbocycles. The van der Waals surface area contributed by atoms with Gasteiger partial charge in [-0.05, 0) is 109 Å². The standard InChI is InChI=1S/C59H42N2/c1-59(2)53-27-13-10-23-47(53)48-36-35-43(38-54(48)59)60(42-33-31-40(32-34-42)39-17-4-3-5-18-39)57-30-16-26-51(52-37-41-19-6-7-20-44(41)45-21-8-9-22-46(45)52)58(57)61-55-28-14-11-24-49(55)50-25-12-15-29-56(50)61/h3-38H,1-2H3. The Balaban J connectivity index is 1.20. The molecular formula is C59H42N2. The van der Waals surface area contributed by atoms with Crippen LogP contribution in [-0.2, 0) is 5.41 Å². The highest BCUT2D eigenvalue weighted by atomic mass is 15.2. The molecule has 2 nitrogen and oxygen atoms in total. The van der Waals surface area contributed by atoms with Crippen LogP contribution in [0.4, 0.5) is 17.1 Å². The highest BCUT2D eigenvalue weighted by molar-refractivity contribution is 6.16. The molecule has 0 unspecified atom stereocenters. The summed E-state index contributed by atoms with van der Waals surface area (Å²) in [5.41, 5.74) is 16.7. The fraction of sp³-hybridized carbons (Fsp3) is 0.0508. The molecule has 0 atom stereocenters. The van der Waals surface area contributed by atoms with Crippen molar-refractivity contribution in [1.29, 1.82) is 0 Å². The molecule has 2 heteroatoms. The van der Waals surface area contributed by atoms with E-state index < -0.39 is 0 Å². The van der Waals surface area contributed by atoms with Gasteiger partial charge >= 0.3 is 0 Å². The van der Waals surface area contributed by atoms with Gasteiger partial charge in [-0.2, -0.15) is 0 Å². The first kappa shape index (κ1) is 35.3. The highest BCUT2D eigenvalue weighted by Crippen LogP contribution is 2.52. The number of hydrogen-bond acceptors (Lipinski definition) is 1.